The molecule has 0 spiro atoms. The Kier molecular flexibility index (Phi) is 6.75. The molecule has 1 unspecified atom stereocenters. The lowest BCUT2D eigenvalue weighted by atomic mass is 10.1. The molecular weight excluding hydrogens is 368 g/mol. The Hall–Kier alpha value is -3.02. The highest BCUT2D eigenvalue weighted by Crippen LogP contribution is 2.34. The smallest absolute Gasteiger partial charge is 0.263 e. The van der Waals surface area contributed by atoms with Gasteiger partial charge in [-0.25, -0.2) is 0 Å². The van der Waals surface area contributed by atoms with Crippen LogP contribution in [-0.4, -0.2) is 37.6 Å². The van der Waals surface area contributed by atoms with Crippen LogP contribution in [0.2, 0.25) is 0 Å². The first kappa shape index (κ1) is 20.7. The van der Waals surface area contributed by atoms with E-state index in [1.807, 2.05) is 56.3 Å². The van der Waals surface area contributed by atoms with Crippen LogP contribution in [0.4, 0.5) is 5.69 Å². The minimum atomic E-state index is -0.743. The molecule has 1 aliphatic rings. The van der Waals surface area contributed by atoms with Crippen LogP contribution >= 0.6 is 0 Å². The Morgan fingerprint density at radius 3 is 2.55 bits per heavy atom. The van der Waals surface area contributed by atoms with Crippen LogP contribution in [0.3, 0.4) is 0 Å². The maximum absolute atomic E-state index is 13.2. The van der Waals surface area contributed by atoms with E-state index in [1.165, 1.54) is 0 Å². The number of carbonyl (C=O) groups is 2. The number of amides is 2. The maximum Gasteiger partial charge on any atom is 0.263 e. The summed E-state index contributed by atoms with van der Waals surface area (Å²) in [6.45, 7) is 4.25. The third kappa shape index (κ3) is 4.70. The van der Waals surface area contributed by atoms with E-state index in [4.69, 9.17) is 9.47 Å². The molecule has 1 N–H and O–H groups in total. The number of methoxy groups -OCH3 is 1. The first-order valence-corrected chi connectivity index (χ1v) is 10.1. The van der Waals surface area contributed by atoms with E-state index in [9.17, 15) is 9.59 Å². The van der Waals surface area contributed by atoms with E-state index < -0.39 is 6.10 Å². The number of benzene rings is 2. The molecule has 0 saturated carbocycles. The summed E-state index contributed by atoms with van der Waals surface area (Å²) in [6, 6.07) is 14.9. The number of fused-ring (bicyclic) bond motifs is 1. The Morgan fingerprint density at radius 1 is 1.14 bits per heavy atom. The molecule has 0 fully saturated rings. The van der Waals surface area contributed by atoms with Crippen molar-refractivity contribution >= 4 is 17.5 Å². The number of para-hydroxylation sites is 3. The molecule has 29 heavy (non-hydrogen) atoms. The first-order chi connectivity index (χ1) is 14.1. The summed E-state index contributed by atoms with van der Waals surface area (Å²) >= 11 is 0. The Bertz CT molecular complexity index is 863. The average Bonchev–Trinajstić information content (AvgIpc) is 2.76. The van der Waals surface area contributed by atoms with E-state index in [-0.39, 0.29) is 30.8 Å². The fourth-order valence-corrected chi connectivity index (χ4v) is 3.50. The minimum absolute atomic E-state index is 0.0981. The molecule has 3 rings (SSSR count). The van der Waals surface area contributed by atoms with E-state index in [1.54, 1.807) is 18.1 Å². The highest BCUT2D eigenvalue weighted by atomic mass is 16.5. The second-order valence-electron chi connectivity index (χ2n) is 7.09. The number of anilines is 1. The van der Waals surface area contributed by atoms with Gasteiger partial charge in [0.25, 0.3) is 5.91 Å². The van der Waals surface area contributed by atoms with Crippen molar-refractivity contribution in [3.05, 3.63) is 54.1 Å². The Morgan fingerprint density at radius 2 is 1.83 bits per heavy atom. The highest BCUT2D eigenvalue weighted by molar-refractivity contribution is 5.98. The largest absolute Gasteiger partial charge is 0.496 e. The lowest BCUT2D eigenvalue weighted by Crippen LogP contribution is -2.52. The quantitative estimate of drug-likeness (QED) is 0.779. The molecule has 0 radical (unpaired) electrons. The molecule has 1 heterocycles. The van der Waals surface area contributed by atoms with Gasteiger partial charge in [-0.15, -0.1) is 0 Å². The molecule has 2 aromatic rings. The van der Waals surface area contributed by atoms with Crippen LogP contribution in [0, 0.1) is 0 Å². The summed E-state index contributed by atoms with van der Waals surface area (Å²) in [5, 5.41) is 3.02. The molecular formula is C23H28N2O4. The molecule has 0 aromatic heterocycles. The van der Waals surface area contributed by atoms with Gasteiger partial charge in [-0.1, -0.05) is 44.2 Å². The van der Waals surface area contributed by atoms with Crippen molar-refractivity contribution in [3.63, 3.8) is 0 Å². The lowest BCUT2D eigenvalue weighted by Gasteiger charge is -2.35. The third-order valence-corrected chi connectivity index (χ3v) is 5.23. The van der Waals surface area contributed by atoms with Crippen molar-refractivity contribution in [2.24, 2.45) is 0 Å². The van der Waals surface area contributed by atoms with Crippen LogP contribution in [0.15, 0.2) is 48.5 Å². The zero-order chi connectivity index (χ0) is 20.8. The van der Waals surface area contributed by atoms with Gasteiger partial charge in [0, 0.05) is 11.6 Å². The molecule has 2 aromatic carbocycles. The van der Waals surface area contributed by atoms with Gasteiger partial charge in [0.05, 0.1) is 25.8 Å². The number of rotatable bonds is 7. The fraction of sp³-hybridized carbons (Fsp3) is 0.391. The number of nitrogens with one attached hydrogen (secondary N) is 1. The molecule has 1 aliphatic heterocycles. The molecule has 1 atom stereocenters. The summed E-state index contributed by atoms with van der Waals surface area (Å²) in [6.07, 6.45) is 1.13. The standard InChI is InChI=1S/C23H28N2O4/c1-4-17(5-2)24-23(27)21-15-25(18-11-7-9-13-20(18)29-21)22(26)14-16-10-6-8-12-19(16)28-3/h6-13,17,21H,4-5,14-15H2,1-3H3,(H,24,27). The molecule has 0 bridgehead atoms. The highest BCUT2D eigenvalue weighted by Gasteiger charge is 2.34. The minimum Gasteiger partial charge on any atom is -0.496 e. The van der Waals surface area contributed by atoms with Crippen LogP contribution in [0.1, 0.15) is 32.3 Å². The number of hydrogen-bond acceptors (Lipinski definition) is 4. The SMILES string of the molecule is CCC(CC)NC(=O)C1CN(C(=O)Cc2ccccc2OC)c2ccccc2O1. The maximum atomic E-state index is 13.2. The molecule has 0 aliphatic carbocycles. The topological polar surface area (TPSA) is 67.9 Å². The second-order valence-corrected chi connectivity index (χ2v) is 7.09. The summed E-state index contributed by atoms with van der Waals surface area (Å²) < 4.78 is 11.3. The van der Waals surface area contributed by atoms with Crippen LogP contribution < -0.4 is 19.7 Å². The average molecular weight is 396 g/mol. The van der Waals surface area contributed by atoms with E-state index in [0.29, 0.717) is 17.2 Å². The van der Waals surface area contributed by atoms with Crippen molar-refractivity contribution < 1.29 is 19.1 Å². The van der Waals surface area contributed by atoms with Crippen LogP contribution in [0.25, 0.3) is 0 Å². The lowest BCUT2D eigenvalue weighted by molar-refractivity contribution is -0.129. The Labute approximate surface area is 171 Å². The van der Waals surface area contributed by atoms with Gasteiger partial charge in [0.1, 0.15) is 11.5 Å². The van der Waals surface area contributed by atoms with Crippen molar-refractivity contribution in [3.8, 4) is 11.5 Å². The van der Waals surface area contributed by atoms with Gasteiger partial charge >= 0.3 is 0 Å². The third-order valence-electron chi connectivity index (χ3n) is 5.23. The summed E-state index contributed by atoms with van der Waals surface area (Å²) in [5.41, 5.74) is 1.49. The van der Waals surface area contributed by atoms with Crippen molar-refractivity contribution in [1.29, 1.82) is 0 Å². The van der Waals surface area contributed by atoms with Gasteiger partial charge in [-0.05, 0) is 31.0 Å². The van der Waals surface area contributed by atoms with Crippen molar-refractivity contribution in [2.45, 2.75) is 45.3 Å². The zero-order valence-corrected chi connectivity index (χ0v) is 17.2. The molecule has 6 nitrogen and oxygen atoms in total. The summed E-state index contributed by atoms with van der Waals surface area (Å²) in [4.78, 5) is 27.6. The molecule has 6 heteroatoms. The molecule has 2 amide bonds. The van der Waals surface area contributed by atoms with E-state index >= 15 is 0 Å². The van der Waals surface area contributed by atoms with E-state index in [0.717, 1.165) is 18.4 Å². The van der Waals surface area contributed by atoms with Gasteiger partial charge in [0.2, 0.25) is 5.91 Å². The first-order valence-electron chi connectivity index (χ1n) is 10.1. The monoisotopic (exact) mass is 396 g/mol. The van der Waals surface area contributed by atoms with Crippen LogP contribution in [-0.2, 0) is 16.0 Å². The molecule has 0 saturated heterocycles. The van der Waals surface area contributed by atoms with Crippen LogP contribution in [0.5, 0.6) is 11.5 Å². The molecule has 154 valence electrons. The normalized spacial score (nSPS) is 15.4. The predicted octanol–water partition coefficient (Wildman–Crippen LogP) is 3.34. The van der Waals surface area contributed by atoms with Gasteiger partial charge in [-0.3, -0.25) is 9.59 Å². The second kappa shape index (κ2) is 9.45. The Balaban J connectivity index is 1.83. The van der Waals surface area contributed by atoms with Gasteiger partial charge in [0.15, 0.2) is 6.10 Å². The summed E-state index contributed by atoms with van der Waals surface area (Å²) in [7, 11) is 1.59. The number of hydrogen-bond donors (Lipinski definition) is 1. The van der Waals surface area contributed by atoms with Gasteiger partial charge < -0.3 is 19.7 Å². The number of nitrogens with zero attached hydrogens (tertiary/aromatic N) is 1. The zero-order valence-electron chi connectivity index (χ0n) is 17.2. The fourth-order valence-electron chi connectivity index (χ4n) is 3.50. The summed E-state index contributed by atoms with van der Waals surface area (Å²) in [5.74, 6) is 0.913. The van der Waals surface area contributed by atoms with Crippen molar-refractivity contribution in [1.82, 2.24) is 5.32 Å². The van der Waals surface area contributed by atoms with Gasteiger partial charge in [-0.2, -0.15) is 0 Å². The number of carbonyl (C=O) groups excluding carboxylic acids is 2. The number of ether oxygens (including phenoxy) is 2. The van der Waals surface area contributed by atoms with E-state index in [2.05, 4.69) is 5.32 Å². The van der Waals surface area contributed by atoms with Crippen molar-refractivity contribution in [2.75, 3.05) is 18.6 Å². The predicted molar refractivity (Wildman–Crippen MR) is 112 cm³/mol.